The molecule has 0 saturated carbocycles. The predicted molar refractivity (Wildman–Crippen MR) is 56.8 cm³/mol. The number of hydrogen-bond donors (Lipinski definition) is 1. The fourth-order valence-corrected chi connectivity index (χ4v) is 1.44. The molecule has 0 aliphatic rings. The van der Waals surface area contributed by atoms with Gasteiger partial charge in [-0.25, -0.2) is 0 Å². The molecule has 0 unspecified atom stereocenters. The van der Waals surface area contributed by atoms with Gasteiger partial charge in [-0.3, -0.25) is 4.98 Å². The topological polar surface area (TPSA) is 69.6 Å². The van der Waals surface area contributed by atoms with Crippen LogP contribution in [0.5, 0.6) is 0 Å². The molecular weight excluding hydrogens is 190 g/mol. The van der Waals surface area contributed by atoms with Gasteiger partial charge in [-0.05, 0) is 19.1 Å². The minimum absolute atomic E-state index is 0.439. The Kier molecular flexibility index (Phi) is 2.73. The van der Waals surface area contributed by atoms with Crippen LogP contribution in [0.4, 0.5) is 0 Å². The van der Waals surface area contributed by atoms with Gasteiger partial charge in [0.1, 0.15) is 6.33 Å². The van der Waals surface area contributed by atoms with Crippen LogP contribution in [0.2, 0.25) is 0 Å². The van der Waals surface area contributed by atoms with Gasteiger partial charge in [-0.2, -0.15) is 0 Å². The van der Waals surface area contributed by atoms with Crippen LogP contribution in [0.1, 0.15) is 12.6 Å². The Morgan fingerprint density at radius 3 is 3.07 bits per heavy atom. The fraction of sp³-hybridized carbons (Fsp3) is 0.300. The van der Waals surface area contributed by atoms with Crippen LogP contribution >= 0.6 is 0 Å². The van der Waals surface area contributed by atoms with Crippen molar-refractivity contribution in [1.82, 2.24) is 19.7 Å². The van der Waals surface area contributed by atoms with Crippen LogP contribution in [-0.2, 0) is 13.1 Å². The second-order valence-electron chi connectivity index (χ2n) is 3.18. The number of hydrogen-bond acceptors (Lipinski definition) is 4. The number of pyridine rings is 1. The molecule has 0 fully saturated rings. The monoisotopic (exact) mass is 203 g/mol. The predicted octanol–water partition coefficient (Wildman–Crippen LogP) is 0.819. The number of nitrogens with two attached hydrogens (primary N) is 1. The Morgan fingerprint density at radius 2 is 2.33 bits per heavy atom. The number of aryl methyl sites for hydroxylation is 1. The van der Waals surface area contributed by atoms with Gasteiger partial charge in [0.05, 0.1) is 5.69 Å². The van der Waals surface area contributed by atoms with Crippen molar-refractivity contribution in [2.45, 2.75) is 20.0 Å². The van der Waals surface area contributed by atoms with Crippen LogP contribution in [-0.4, -0.2) is 19.7 Å². The Morgan fingerprint density at radius 1 is 1.47 bits per heavy atom. The van der Waals surface area contributed by atoms with Crippen molar-refractivity contribution >= 4 is 0 Å². The van der Waals surface area contributed by atoms with Crippen molar-refractivity contribution < 1.29 is 0 Å². The zero-order valence-corrected chi connectivity index (χ0v) is 8.59. The molecule has 5 nitrogen and oxygen atoms in total. The second-order valence-corrected chi connectivity index (χ2v) is 3.18. The Balaban J connectivity index is 2.44. The van der Waals surface area contributed by atoms with Crippen molar-refractivity contribution in [3.8, 4) is 11.4 Å². The number of nitrogens with zero attached hydrogens (tertiary/aromatic N) is 4. The van der Waals surface area contributed by atoms with E-state index in [0.717, 1.165) is 23.6 Å². The maximum absolute atomic E-state index is 5.54. The molecule has 2 N–H and O–H groups in total. The average molecular weight is 203 g/mol. The Hall–Kier alpha value is -1.75. The van der Waals surface area contributed by atoms with Gasteiger partial charge in [-0.15, -0.1) is 10.2 Å². The van der Waals surface area contributed by atoms with Gasteiger partial charge < -0.3 is 10.3 Å². The molecule has 0 bridgehead atoms. The largest absolute Gasteiger partial charge is 0.325 e. The smallest absolute Gasteiger partial charge is 0.163 e. The van der Waals surface area contributed by atoms with Crippen molar-refractivity contribution in [3.63, 3.8) is 0 Å². The summed E-state index contributed by atoms with van der Waals surface area (Å²) in [6, 6.07) is 3.85. The van der Waals surface area contributed by atoms with Crippen molar-refractivity contribution in [2.75, 3.05) is 0 Å². The van der Waals surface area contributed by atoms with E-state index in [2.05, 4.69) is 22.1 Å². The molecule has 0 aromatic carbocycles. The minimum atomic E-state index is 0.439. The van der Waals surface area contributed by atoms with E-state index in [0.29, 0.717) is 6.54 Å². The fourth-order valence-electron chi connectivity index (χ4n) is 1.44. The van der Waals surface area contributed by atoms with E-state index >= 15 is 0 Å². The molecule has 0 aliphatic carbocycles. The quantitative estimate of drug-likeness (QED) is 0.801. The highest BCUT2D eigenvalue weighted by atomic mass is 15.3. The first-order chi connectivity index (χ1) is 7.35. The third kappa shape index (κ3) is 1.87. The third-order valence-electron chi connectivity index (χ3n) is 2.24. The lowest BCUT2D eigenvalue weighted by atomic mass is 10.2. The van der Waals surface area contributed by atoms with Crippen molar-refractivity contribution in [3.05, 3.63) is 30.4 Å². The second kappa shape index (κ2) is 4.18. The lowest BCUT2D eigenvalue weighted by molar-refractivity contribution is 0.766. The van der Waals surface area contributed by atoms with Crippen LogP contribution in [0.15, 0.2) is 24.7 Å². The van der Waals surface area contributed by atoms with Crippen LogP contribution in [0, 0.1) is 0 Å². The lowest BCUT2D eigenvalue weighted by Gasteiger charge is -2.03. The molecule has 0 radical (unpaired) electrons. The first kappa shape index (κ1) is 9.79. The summed E-state index contributed by atoms with van der Waals surface area (Å²) in [6.07, 6.45) is 3.46. The molecule has 2 aromatic heterocycles. The molecule has 15 heavy (non-hydrogen) atoms. The van der Waals surface area contributed by atoms with Gasteiger partial charge >= 0.3 is 0 Å². The molecule has 0 atom stereocenters. The summed E-state index contributed by atoms with van der Waals surface area (Å²) >= 11 is 0. The minimum Gasteiger partial charge on any atom is -0.325 e. The van der Waals surface area contributed by atoms with E-state index in [-0.39, 0.29) is 0 Å². The summed E-state index contributed by atoms with van der Waals surface area (Å²) in [7, 11) is 0. The zero-order chi connectivity index (χ0) is 10.7. The van der Waals surface area contributed by atoms with Crippen LogP contribution < -0.4 is 5.73 Å². The molecule has 78 valence electrons. The standard InChI is InChI=1S/C10H13N5/c1-2-15-7-13-14-10(15)8-3-4-12-9(5-8)6-11/h3-5,7H,2,6,11H2,1H3. The molecule has 0 saturated heterocycles. The summed E-state index contributed by atoms with van der Waals surface area (Å²) in [4.78, 5) is 4.14. The maximum atomic E-state index is 5.54. The van der Waals surface area contributed by atoms with E-state index in [1.807, 2.05) is 16.7 Å². The van der Waals surface area contributed by atoms with E-state index < -0.39 is 0 Å². The zero-order valence-electron chi connectivity index (χ0n) is 8.59. The van der Waals surface area contributed by atoms with E-state index in [1.165, 1.54) is 0 Å². The molecule has 5 heteroatoms. The SMILES string of the molecule is CCn1cnnc1-c1ccnc(CN)c1. The lowest BCUT2D eigenvalue weighted by Crippen LogP contribution is -2.01. The van der Waals surface area contributed by atoms with E-state index in [1.54, 1.807) is 12.5 Å². The molecule has 2 rings (SSSR count). The van der Waals surface area contributed by atoms with Crippen LogP contribution in [0.25, 0.3) is 11.4 Å². The van der Waals surface area contributed by atoms with Gasteiger partial charge in [0.25, 0.3) is 0 Å². The highest BCUT2D eigenvalue weighted by Gasteiger charge is 2.06. The summed E-state index contributed by atoms with van der Waals surface area (Å²) in [5.41, 5.74) is 7.40. The first-order valence-electron chi connectivity index (χ1n) is 4.88. The Labute approximate surface area is 88.0 Å². The first-order valence-corrected chi connectivity index (χ1v) is 4.88. The average Bonchev–Trinajstić information content (AvgIpc) is 2.77. The number of aromatic nitrogens is 4. The summed E-state index contributed by atoms with van der Waals surface area (Å²) in [5, 5.41) is 7.96. The highest BCUT2D eigenvalue weighted by molar-refractivity contribution is 5.54. The molecule has 2 heterocycles. The Bertz CT molecular complexity index is 449. The normalized spacial score (nSPS) is 10.5. The molecule has 0 spiro atoms. The number of rotatable bonds is 3. The van der Waals surface area contributed by atoms with E-state index in [4.69, 9.17) is 5.73 Å². The molecular formula is C10H13N5. The van der Waals surface area contributed by atoms with Gasteiger partial charge in [-0.1, -0.05) is 0 Å². The van der Waals surface area contributed by atoms with Gasteiger partial charge in [0, 0.05) is 24.8 Å². The van der Waals surface area contributed by atoms with E-state index in [9.17, 15) is 0 Å². The van der Waals surface area contributed by atoms with Crippen molar-refractivity contribution in [2.24, 2.45) is 5.73 Å². The maximum Gasteiger partial charge on any atom is 0.163 e. The van der Waals surface area contributed by atoms with Crippen LogP contribution in [0.3, 0.4) is 0 Å². The third-order valence-corrected chi connectivity index (χ3v) is 2.24. The summed E-state index contributed by atoms with van der Waals surface area (Å²) in [6.45, 7) is 3.34. The van der Waals surface area contributed by atoms with Gasteiger partial charge in [0.2, 0.25) is 0 Å². The van der Waals surface area contributed by atoms with Crippen molar-refractivity contribution in [1.29, 1.82) is 0 Å². The molecule has 2 aromatic rings. The summed E-state index contributed by atoms with van der Waals surface area (Å²) in [5.74, 6) is 0.856. The molecule has 0 amide bonds. The molecule has 0 aliphatic heterocycles. The highest BCUT2D eigenvalue weighted by Crippen LogP contribution is 2.16. The van der Waals surface area contributed by atoms with Gasteiger partial charge in [0.15, 0.2) is 5.82 Å². The summed E-state index contributed by atoms with van der Waals surface area (Å²) < 4.78 is 1.98.